The number of nitro benzene ring substituents is 1. The van der Waals surface area contributed by atoms with Crippen molar-refractivity contribution >= 4 is 21.3 Å². The molecule has 0 aliphatic carbocycles. The monoisotopic (exact) mass is 271 g/mol. The number of ketones is 1. The topological polar surface area (TPSA) is 94.3 Å². The molecule has 1 aromatic rings. The molecular formula is C11H13NO5S. The molecule has 0 aliphatic heterocycles. The number of benzene rings is 1. The summed E-state index contributed by atoms with van der Waals surface area (Å²) in [5, 5.41) is 9.80. The molecule has 0 N–H and O–H groups in total. The summed E-state index contributed by atoms with van der Waals surface area (Å²) in [6.45, 7) is 3.00. The van der Waals surface area contributed by atoms with Gasteiger partial charge in [0.2, 0.25) is 0 Å². The summed E-state index contributed by atoms with van der Waals surface area (Å²) in [7, 11) is -3.46. The van der Waals surface area contributed by atoms with Crippen molar-refractivity contribution in [3.63, 3.8) is 0 Å². The Balaban J connectivity index is 2.89. The van der Waals surface area contributed by atoms with Gasteiger partial charge < -0.3 is 0 Å². The van der Waals surface area contributed by atoms with Gasteiger partial charge in [-0.2, -0.15) is 0 Å². The molecule has 0 amide bonds. The minimum absolute atomic E-state index is 0.140. The highest BCUT2D eigenvalue weighted by atomic mass is 32.2. The summed E-state index contributed by atoms with van der Waals surface area (Å²) in [5.41, 5.74) is 0.0168. The molecule has 0 atom stereocenters. The molecule has 98 valence electrons. The molecule has 0 bridgehead atoms. The minimum Gasteiger partial charge on any atom is -0.293 e. The Morgan fingerprint density at radius 2 is 1.78 bits per heavy atom. The summed E-state index contributed by atoms with van der Waals surface area (Å²) in [4.78, 5) is 21.5. The summed E-state index contributed by atoms with van der Waals surface area (Å²) in [5.74, 6) is -1.14. The van der Waals surface area contributed by atoms with Crippen LogP contribution < -0.4 is 0 Å². The molecule has 0 aliphatic rings. The van der Waals surface area contributed by atoms with Crippen LogP contribution in [0.2, 0.25) is 0 Å². The zero-order valence-corrected chi connectivity index (χ0v) is 10.8. The van der Waals surface area contributed by atoms with Crippen LogP contribution in [0.25, 0.3) is 0 Å². The number of rotatable bonds is 5. The number of nitro groups is 1. The van der Waals surface area contributed by atoms with Crippen LogP contribution in [0.4, 0.5) is 5.69 Å². The molecule has 0 heterocycles. The van der Waals surface area contributed by atoms with Crippen molar-refractivity contribution < 1.29 is 18.1 Å². The first-order valence-electron chi connectivity index (χ1n) is 5.23. The fourth-order valence-corrected chi connectivity index (χ4v) is 2.07. The molecular weight excluding hydrogens is 258 g/mol. The van der Waals surface area contributed by atoms with Crippen molar-refractivity contribution in [3.8, 4) is 0 Å². The van der Waals surface area contributed by atoms with Crippen LogP contribution in [-0.4, -0.2) is 30.1 Å². The third-order valence-electron chi connectivity index (χ3n) is 2.45. The Labute approximate surface area is 105 Å². The Bertz CT molecular complexity index is 560. The van der Waals surface area contributed by atoms with Crippen LogP contribution in [0.5, 0.6) is 0 Å². The smallest absolute Gasteiger partial charge is 0.269 e. The Morgan fingerprint density at radius 1 is 1.28 bits per heavy atom. The van der Waals surface area contributed by atoms with Crippen LogP contribution in [0.3, 0.4) is 0 Å². The Hall–Kier alpha value is -1.76. The fraction of sp³-hybridized carbons (Fsp3) is 0.364. The molecule has 0 saturated carbocycles. The maximum absolute atomic E-state index is 11.7. The molecule has 0 radical (unpaired) electrons. The van der Waals surface area contributed by atoms with E-state index in [0.29, 0.717) is 0 Å². The van der Waals surface area contributed by atoms with Crippen molar-refractivity contribution in [2.75, 3.05) is 5.75 Å². The van der Waals surface area contributed by atoms with E-state index in [9.17, 15) is 23.3 Å². The van der Waals surface area contributed by atoms with E-state index in [2.05, 4.69) is 0 Å². The SMILES string of the molecule is CC(C)S(=O)(=O)CC(=O)c1ccc([N+](=O)[O-])cc1. The quantitative estimate of drug-likeness (QED) is 0.460. The van der Waals surface area contributed by atoms with Crippen molar-refractivity contribution in [1.82, 2.24) is 0 Å². The van der Waals surface area contributed by atoms with E-state index in [1.807, 2.05) is 0 Å². The van der Waals surface area contributed by atoms with E-state index < -0.39 is 31.5 Å². The van der Waals surface area contributed by atoms with Crippen molar-refractivity contribution in [3.05, 3.63) is 39.9 Å². The lowest BCUT2D eigenvalue weighted by atomic mass is 10.1. The van der Waals surface area contributed by atoms with E-state index in [1.165, 1.54) is 38.1 Å². The van der Waals surface area contributed by atoms with Gasteiger partial charge in [-0.15, -0.1) is 0 Å². The molecule has 1 aromatic carbocycles. The van der Waals surface area contributed by atoms with Gasteiger partial charge in [-0.05, 0) is 26.0 Å². The first-order chi connectivity index (χ1) is 8.24. The molecule has 7 heteroatoms. The third kappa shape index (κ3) is 3.36. The van der Waals surface area contributed by atoms with E-state index in [4.69, 9.17) is 0 Å². The van der Waals surface area contributed by atoms with Crippen LogP contribution in [0, 0.1) is 10.1 Å². The Morgan fingerprint density at radius 3 is 2.17 bits per heavy atom. The number of hydrogen-bond acceptors (Lipinski definition) is 5. The second-order valence-electron chi connectivity index (χ2n) is 4.08. The van der Waals surface area contributed by atoms with Gasteiger partial charge in [-0.3, -0.25) is 14.9 Å². The van der Waals surface area contributed by atoms with Crippen LogP contribution in [0.15, 0.2) is 24.3 Å². The normalized spacial score (nSPS) is 11.5. The van der Waals surface area contributed by atoms with E-state index >= 15 is 0 Å². The number of carbonyl (C=O) groups excluding carboxylic acids is 1. The second-order valence-corrected chi connectivity index (χ2v) is 6.64. The third-order valence-corrected chi connectivity index (χ3v) is 4.55. The number of carbonyl (C=O) groups is 1. The Kier molecular flexibility index (Phi) is 4.18. The van der Waals surface area contributed by atoms with Crippen molar-refractivity contribution in [2.24, 2.45) is 0 Å². The first kappa shape index (κ1) is 14.3. The van der Waals surface area contributed by atoms with Crippen LogP contribution in [0.1, 0.15) is 24.2 Å². The maximum atomic E-state index is 11.7. The number of hydrogen-bond donors (Lipinski definition) is 0. The van der Waals surface area contributed by atoms with Gasteiger partial charge in [0, 0.05) is 17.7 Å². The molecule has 6 nitrogen and oxygen atoms in total. The molecule has 1 rings (SSSR count). The predicted octanol–water partition coefficient (Wildman–Crippen LogP) is 1.60. The number of Topliss-reactive ketones (excluding diaryl/α,β-unsaturated/α-hetero) is 1. The number of sulfone groups is 1. The largest absolute Gasteiger partial charge is 0.293 e. The number of non-ortho nitro benzene ring substituents is 1. The van der Waals surface area contributed by atoms with Gasteiger partial charge in [0.1, 0.15) is 5.75 Å². The molecule has 0 spiro atoms. The zero-order valence-electron chi connectivity index (χ0n) is 9.99. The summed E-state index contributed by atoms with van der Waals surface area (Å²) < 4.78 is 23.1. The van der Waals surface area contributed by atoms with E-state index in [1.54, 1.807) is 0 Å². The second kappa shape index (κ2) is 5.26. The summed E-state index contributed by atoms with van der Waals surface area (Å²) >= 11 is 0. The summed E-state index contributed by atoms with van der Waals surface area (Å²) in [6, 6.07) is 4.87. The molecule has 0 unspecified atom stereocenters. The molecule has 18 heavy (non-hydrogen) atoms. The summed E-state index contributed by atoms with van der Waals surface area (Å²) in [6.07, 6.45) is 0. The lowest BCUT2D eigenvalue weighted by Crippen LogP contribution is -2.23. The minimum atomic E-state index is -3.46. The van der Waals surface area contributed by atoms with Crippen molar-refractivity contribution in [2.45, 2.75) is 19.1 Å². The lowest BCUT2D eigenvalue weighted by molar-refractivity contribution is -0.384. The van der Waals surface area contributed by atoms with Gasteiger partial charge in [0.05, 0.1) is 10.2 Å². The predicted molar refractivity (Wildman–Crippen MR) is 66.3 cm³/mol. The fourth-order valence-electron chi connectivity index (χ4n) is 1.20. The lowest BCUT2D eigenvalue weighted by Gasteiger charge is -2.06. The van der Waals surface area contributed by atoms with Gasteiger partial charge in [-0.1, -0.05) is 0 Å². The van der Waals surface area contributed by atoms with Gasteiger partial charge >= 0.3 is 0 Å². The average Bonchev–Trinajstić information content (AvgIpc) is 2.28. The average molecular weight is 271 g/mol. The molecule has 0 fully saturated rings. The zero-order chi connectivity index (χ0) is 13.9. The molecule has 0 aromatic heterocycles. The highest BCUT2D eigenvalue weighted by Gasteiger charge is 2.21. The van der Waals surface area contributed by atoms with Gasteiger partial charge in [-0.25, -0.2) is 8.42 Å². The standard InChI is InChI=1S/C11H13NO5S/c1-8(2)18(16,17)7-11(13)9-3-5-10(6-4-9)12(14)15/h3-6,8H,7H2,1-2H3. The van der Waals surface area contributed by atoms with Gasteiger partial charge in [0.25, 0.3) is 5.69 Å². The molecule has 0 saturated heterocycles. The highest BCUT2D eigenvalue weighted by Crippen LogP contribution is 2.13. The first-order valence-corrected chi connectivity index (χ1v) is 6.95. The highest BCUT2D eigenvalue weighted by molar-refractivity contribution is 7.92. The number of nitrogens with zero attached hydrogens (tertiary/aromatic N) is 1. The maximum Gasteiger partial charge on any atom is 0.269 e. The van der Waals surface area contributed by atoms with Crippen LogP contribution >= 0.6 is 0 Å². The van der Waals surface area contributed by atoms with E-state index in [-0.39, 0.29) is 11.3 Å². The van der Waals surface area contributed by atoms with Crippen LogP contribution in [-0.2, 0) is 9.84 Å². The van der Waals surface area contributed by atoms with E-state index in [0.717, 1.165) is 0 Å². The van der Waals surface area contributed by atoms with Crippen molar-refractivity contribution in [1.29, 1.82) is 0 Å². The van der Waals surface area contributed by atoms with Gasteiger partial charge in [0.15, 0.2) is 15.6 Å².